The van der Waals surface area contributed by atoms with E-state index in [0.717, 1.165) is 19.4 Å². The van der Waals surface area contributed by atoms with Gasteiger partial charge >= 0.3 is 0 Å². The van der Waals surface area contributed by atoms with Crippen LogP contribution in [0.3, 0.4) is 0 Å². The Labute approximate surface area is 210 Å². The Bertz CT molecular complexity index is 1180. The summed E-state index contributed by atoms with van der Waals surface area (Å²) in [6.45, 7) is 12.1. The third kappa shape index (κ3) is 5.43. The molecule has 1 aliphatic rings. The van der Waals surface area contributed by atoms with E-state index in [9.17, 15) is 4.79 Å². The van der Waals surface area contributed by atoms with Crippen molar-refractivity contribution in [3.05, 3.63) is 99.1 Å². The van der Waals surface area contributed by atoms with Gasteiger partial charge in [-0.05, 0) is 92.8 Å². The molecule has 1 amide bonds. The van der Waals surface area contributed by atoms with Gasteiger partial charge in [-0.15, -0.1) is 0 Å². The first kappa shape index (κ1) is 25.0. The average molecular weight is 470 g/mol. The van der Waals surface area contributed by atoms with Gasteiger partial charge in [-0.1, -0.05) is 60.2 Å². The first-order chi connectivity index (χ1) is 16.8. The zero-order valence-electron chi connectivity index (χ0n) is 21.8. The van der Waals surface area contributed by atoms with Gasteiger partial charge in [-0.2, -0.15) is 0 Å². The standard InChI is InChI=1S/C31H39N3O/c1-6-34(31(35)28(32)19-26-21(3)14-20(2)15-22(26)4)29-12-13-33-30-23(5)16-25(18-27(29)30)17-24-10-8-7-9-11-24/h7-11,14-16,18,28-29,33H,6,12-13,17,19,32H2,1-5H3. The number of hydrogen-bond donors (Lipinski definition) is 2. The molecule has 0 fully saturated rings. The van der Waals surface area contributed by atoms with Crippen molar-refractivity contribution >= 4 is 11.6 Å². The van der Waals surface area contributed by atoms with E-state index in [1.54, 1.807) is 0 Å². The Balaban J connectivity index is 1.61. The average Bonchev–Trinajstić information content (AvgIpc) is 2.82. The number of anilines is 1. The van der Waals surface area contributed by atoms with Gasteiger partial charge in [0.05, 0.1) is 12.1 Å². The largest absolute Gasteiger partial charge is 0.384 e. The van der Waals surface area contributed by atoms with Crippen LogP contribution in [-0.4, -0.2) is 29.9 Å². The molecule has 0 aromatic heterocycles. The van der Waals surface area contributed by atoms with E-state index < -0.39 is 6.04 Å². The van der Waals surface area contributed by atoms with Gasteiger partial charge in [0.1, 0.15) is 0 Å². The van der Waals surface area contributed by atoms with Crippen LogP contribution < -0.4 is 11.1 Å². The second kappa shape index (κ2) is 10.7. The minimum absolute atomic E-state index is 0.0319. The first-order valence-electron chi connectivity index (χ1n) is 12.8. The smallest absolute Gasteiger partial charge is 0.240 e. The fourth-order valence-corrected chi connectivity index (χ4v) is 5.72. The zero-order valence-corrected chi connectivity index (χ0v) is 21.8. The number of benzene rings is 3. The van der Waals surface area contributed by atoms with Crippen LogP contribution in [0.5, 0.6) is 0 Å². The lowest BCUT2D eigenvalue weighted by Crippen LogP contribution is -2.47. The van der Waals surface area contributed by atoms with Gasteiger partial charge in [0, 0.05) is 18.8 Å². The molecule has 4 nitrogen and oxygen atoms in total. The summed E-state index contributed by atoms with van der Waals surface area (Å²) in [5.41, 5.74) is 17.6. The lowest BCUT2D eigenvalue weighted by molar-refractivity contribution is -0.135. The van der Waals surface area contributed by atoms with E-state index in [0.29, 0.717) is 13.0 Å². The van der Waals surface area contributed by atoms with Crippen LogP contribution >= 0.6 is 0 Å². The molecule has 0 spiro atoms. The molecule has 3 aromatic rings. The molecule has 184 valence electrons. The molecule has 35 heavy (non-hydrogen) atoms. The summed E-state index contributed by atoms with van der Waals surface area (Å²) in [6.07, 6.45) is 2.33. The molecule has 1 aliphatic heterocycles. The number of nitrogens with one attached hydrogen (secondary N) is 1. The zero-order chi connectivity index (χ0) is 25.1. The van der Waals surface area contributed by atoms with Crippen LogP contribution in [0.4, 0.5) is 5.69 Å². The Morgan fingerprint density at radius 2 is 1.69 bits per heavy atom. The van der Waals surface area contributed by atoms with E-state index >= 15 is 0 Å². The van der Waals surface area contributed by atoms with Crippen molar-refractivity contribution < 1.29 is 4.79 Å². The van der Waals surface area contributed by atoms with Crippen LogP contribution in [0, 0.1) is 27.7 Å². The molecule has 0 bridgehead atoms. The summed E-state index contributed by atoms with van der Waals surface area (Å²) in [4.78, 5) is 15.7. The molecule has 4 heteroatoms. The predicted octanol–water partition coefficient (Wildman–Crippen LogP) is 5.79. The third-order valence-electron chi connectivity index (χ3n) is 7.34. The molecule has 0 saturated carbocycles. The van der Waals surface area contributed by atoms with E-state index in [4.69, 9.17) is 5.73 Å². The highest BCUT2D eigenvalue weighted by molar-refractivity contribution is 5.83. The highest BCUT2D eigenvalue weighted by atomic mass is 16.2. The van der Waals surface area contributed by atoms with Crippen LogP contribution in [0.2, 0.25) is 0 Å². The molecule has 3 N–H and O–H groups in total. The summed E-state index contributed by atoms with van der Waals surface area (Å²) in [6, 6.07) is 19.0. The van der Waals surface area contributed by atoms with Gasteiger partial charge in [0.25, 0.3) is 0 Å². The molecular formula is C31H39N3O. The van der Waals surface area contributed by atoms with Crippen molar-refractivity contribution in [1.82, 2.24) is 4.90 Å². The second-order valence-electron chi connectivity index (χ2n) is 10.1. The number of amides is 1. The molecule has 0 aliphatic carbocycles. The van der Waals surface area contributed by atoms with Gasteiger partial charge < -0.3 is 16.0 Å². The summed E-state index contributed by atoms with van der Waals surface area (Å²) < 4.78 is 0. The Hall–Kier alpha value is -3.11. The SMILES string of the molecule is CCN(C(=O)C(N)Cc1c(C)cc(C)cc1C)C1CCNc2c(C)cc(Cc3ccccc3)cc21. The van der Waals surface area contributed by atoms with E-state index in [-0.39, 0.29) is 11.9 Å². The van der Waals surface area contributed by atoms with Crippen molar-refractivity contribution in [1.29, 1.82) is 0 Å². The topological polar surface area (TPSA) is 58.4 Å². The number of fused-ring (bicyclic) bond motifs is 1. The van der Waals surface area contributed by atoms with Crippen molar-refractivity contribution in [3.63, 3.8) is 0 Å². The van der Waals surface area contributed by atoms with Gasteiger partial charge in [0.15, 0.2) is 0 Å². The fourth-order valence-electron chi connectivity index (χ4n) is 5.72. The van der Waals surface area contributed by atoms with Crippen LogP contribution in [0.1, 0.15) is 63.9 Å². The Morgan fingerprint density at radius 3 is 2.34 bits per heavy atom. The van der Waals surface area contributed by atoms with Gasteiger partial charge in [0.2, 0.25) is 5.91 Å². The maximum atomic E-state index is 13.7. The summed E-state index contributed by atoms with van der Waals surface area (Å²) >= 11 is 0. The summed E-state index contributed by atoms with van der Waals surface area (Å²) in [5, 5.41) is 3.59. The van der Waals surface area contributed by atoms with Crippen LogP contribution in [0.15, 0.2) is 54.6 Å². The quantitative estimate of drug-likeness (QED) is 0.461. The molecule has 0 saturated heterocycles. The molecule has 2 unspecified atom stereocenters. The lowest BCUT2D eigenvalue weighted by atomic mass is 9.89. The molecule has 2 atom stereocenters. The molecule has 0 radical (unpaired) electrons. The summed E-state index contributed by atoms with van der Waals surface area (Å²) in [7, 11) is 0. The number of carbonyl (C=O) groups excluding carboxylic acids is 1. The van der Waals surface area contributed by atoms with E-state index in [2.05, 4.69) is 94.5 Å². The minimum Gasteiger partial charge on any atom is -0.384 e. The Kier molecular flexibility index (Phi) is 7.61. The minimum atomic E-state index is -0.554. The van der Waals surface area contributed by atoms with Crippen molar-refractivity contribution in [2.75, 3.05) is 18.4 Å². The first-order valence-corrected chi connectivity index (χ1v) is 12.8. The highest BCUT2D eigenvalue weighted by Gasteiger charge is 2.32. The van der Waals surface area contributed by atoms with Gasteiger partial charge in [-0.3, -0.25) is 4.79 Å². The van der Waals surface area contributed by atoms with Crippen LogP contribution in [0.25, 0.3) is 0 Å². The number of aryl methyl sites for hydroxylation is 4. The molecule has 4 rings (SSSR count). The van der Waals surface area contributed by atoms with E-state index in [1.165, 1.54) is 50.2 Å². The second-order valence-corrected chi connectivity index (χ2v) is 10.1. The molecule has 1 heterocycles. The van der Waals surface area contributed by atoms with Crippen molar-refractivity contribution in [3.8, 4) is 0 Å². The normalized spacial score (nSPS) is 15.8. The fraction of sp³-hybridized carbons (Fsp3) is 0.387. The number of hydrogen-bond acceptors (Lipinski definition) is 3. The number of nitrogens with zero attached hydrogens (tertiary/aromatic N) is 1. The maximum Gasteiger partial charge on any atom is 0.240 e. The highest BCUT2D eigenvalue weighted by Crippen LogP contribution is 2.38. The van der Waals surface area contributed by atoms with E-state index in [1.807, 2.05) is 4.90 Å². The maximum absolute atomic E-state index is 13.7. The molecule has 3 aromatic carbocycles. The third-order valence-corrected chi connectivity index (χ3v) is 7.34. The Morgan fingerprint density at radius 1 is 1.00 bits per heavy atom. The lowest BCUT2D eigenvalue weighted by Gasteiger charge is -2.38. The molecular weight excluding hydrogens is 430 g/mol. The predicted molar refractivity (Wildman–Crippen MR) is 146 cm³/mol. The number of nitrogens with two attached hydrogens (primary N) is 1. The number of likely N-dealkylation sites (N-methyl/N-ethyl adjacent to an activating group) is 1. The van der Waals surface area contributed by atoms with Crippen molar-refractivity contribution in [2.24, 2.45) is 5.73 Å². The monoisotopic (exact) mass is 469 g/mol. The van der Waals surface area contributed by atoms with Crippen LogP contribution in [-0.2, 0) is 17.6 Å². The number of carbonyl (C=O) groups is 1. The van der Waals surface area contributed by atoms with Crippen molar-refractivity contribution in [2.45, 2.75) is 66.0 Å². The summed E-state index contributed by atoms with van der Waals surface area (Å²) in [5.74, 6) is 0.0378. The van der Waals surface area contributed by atoms with Gasteiger partial charge in [-0.25, -0.2) is 0 Å². The number of rotatable bonds is 7.